The molecule has 0 atom stereocenters. The molecule has 3 nitrogen and oxygen atoms in total. The number of halogens is 2. The van der Waals surface area contributed by atoms with Crippen molar-refractivity contribution in [1.29, 1.82) is 5.26 Å². The first kappa shape index (κ1) is 13.5. The second-order valence-corrected chi connectivity index (χ2v) is 6.21. The van der Waals surface area contributed by atoms with Crippen LogP contribution in [0, 0.1) is 11.3 Å². The molecule has 0 aliphatic rings. The maximum absolute atomic E-state index is 11.3. The van der Waals surface area contributed by atoms with E-state index in [-0.39, 0.29) is 10.5 Å². The molecule has 0 fully saturated rings. The maximum Gasteiger partial charge on any atom is 0.262 e. The first-order valence-corrected chi connectivity index (χ1v) is 7.94. The molecule has 1 rings (SSSR count). The van der Waals surface area contributed by atoms with Gasteiger partial charge in [-0.1, -0.05) is 28.9 Å². The van der Waals surface area contributed by atoms with Crippen molar-refractivity contribution in [2.75, 3.05) is 0 Å². The zero-order valence-corrected chi connectivity index (χ0v) is 11.7. The molecule has 0 radical (unpaired) electrons. The molecule has 0 aromatic heterocycles. The van der Waals surface area contributed by atoms with Crippen LogP contribution in [-0.2, 0) is 20.8 Å². The van der Waals surface area contributed by atoms with Crippen LogP contribution in [0.4, 0.5) is 0 Å². The Morgan fingerprint density at radius 2 is 2.12 bits per heavy atom. The van der Waals surface area contributed by atoms with Crippen molar-refractivity contribution in [2.45, 2.75) is 23.6 Å². The SMILES string of the molecule is CCc1ccc(S(=O)(=O)Cl)c(C#N)c1CBr. The summed E-state index contributed by atoms with van der Waals surface area (Å²) in [6.07, 6.45) is 0.734. The standard InChI is InChI=1S/C10H9BrClNO2S/c1-2-7-3-4-10(16(12,14)15)9(6-13)8(7)5-11/h3-4H,2,5H2,1H3. The van der Waals surface area contributed by atoms with Crippen molar-refractivity contribution in [1.82, 2.24) is 0 Å². The molecule has 6 heteroatoms. The Morgan fingerprint density at radius 1 is 1.50 bits per heavy atom. The van der Waals surface area contributed by atoms with Gasteiger partial charge in [0, 0.05) is 16.0 Å². The van der Waals surface area contributed by atoms with E-state index >= 15 is 0 Å². The third-order valence-corrected chi connectivity index (χ3v) is 4.19. The predicted octanol–water partition coefficient (Wildman–Crippen LogP) is 2.94. The smallest absolute Gasteiger partial charge is 0.207 e. The highest BCUT2D eigenvalue weighted by atomic mass is 79.9. The van der Waals surface area contributed by atoms with Crippen molar-refractivity contribution < 1.29 is 8.42 Å². The van der Waals surface area contributed by atoms with Crippen LogP contribution in [0.25, 0.3) is 0 Å². The highest BCUT2D eigenvalue weighted by Gasteiger charge is 2.19. The lowest BCUT2D eigenvalue weighted by molar-refractivity contribution is 0.609. The van der Waals surface area contributed by atoms with Gasteiger partial charge in [-0.05, 0) is 23.6 Å². The molecule has 0 saturated heterocycles. The van der Waals surface area contributed by atoms with Gasteiger partial charge in [0.2, 0.25) is 0 Å². The fourth-order valence-corrected chi connectivity index (χ4v) is 3.15. The fourth-order valence-electron chi connectivity index (χ4n) is 1.48. The summed E-state index contributed by atoms with van der Waals surface area (Å²) < 4.78 is 22.6. The third-order valence-electron chi connectivity index (χ3n) is 2.26. The molecule has 86 valence electrons. The van der Waals surface area contributed by atoms with E-state index in [0.29, 0.717) is 10.9 Å². The average molecular weight is 323 g/mol. The highest BCUT2D eigenvalue weighted by Crippen LogP contribution is 2.27. The Labute approximate surface area is 108 Å². The number of benzene rings is 1. The van der Waals surface area contributed by atoms with Gasteiger partial charge in [0.15, 0.2) is 0 Å². The zero-order chi connectivity index (χ0) is 12.3. The van der Waals surface area contributed by atoms with Gasteiger partial charge in [0.25, 0.3) is 9.05 Å². The van der Waals surface area contributed by atoms with Gasteiger partial charge in [-0.2, -0.15) is 5.26 Å². The topological polar surface area (TPSA) is 57.9 Å². The van der Waals surface area contributed by atoms with Gasteiger partial charge in [0.05, 0.1) is 5.56 Å². The zero-order valence-electron chi connectivity index (χ0n) is 8.50. The first-order chi connectivity index (χ1) is 7.45. The normalized spacial score (nSPS) is 11.1. The molecular formula is C10H9BrClNO2S. The summed E-state index contributed by atoms with van der Waals surface area (Å²) in [6.45, 7) is 1.94. The molecule has 0 heterocycles. The number of nitrogens with zero attached hydrogens (tertiary/aromatic N) is 1. The second kappa shape index (κ2) is 5.17. The van der Waals surface area contributed by atoms with Crippen molar-refractivity contribution in [3.05, 3.63) is 28.8 Å². The minimum atomic E-state index is -3.87. The summed E-state index contributed by atoms with van der Waals surface area (Å²) in [5, 5.41) is 9.45. The Kier molecular flexibility index (Phi) is 4.36. The third kappa shape index (κ3) is 2.57. The van der Waals surface area contributed by atoms with E-state index < -0.39 is 9.05 Å². The van der Waals surface area contributed by atoms with Crippen LogP contribution in [0.5, 0.6) is 0 Å². The molecule has 0 aliphatic heterocycles. The molecule has 0 aliphatic carbocycles. The van der Waals surface area contributed by atoms with Crippen LogP contribution in [0.15, 0.2) is 17.0 Å². The molecule has 16 heavy (non-hydrogen) atoms. The minimum Gasteiger partial charge on any atom is -0.207 e. The Balaban J connectivity index is 3.65. The van der Waals surface area contributed by atoms with Crippen molar-refractivity contribution in [3.8, 4) is 6.07 Å². The molecule has 0 bridgehead atoms. The van der Waals surface area contributed by atoms with E-state index in [0.717, 1.165) is 12.0 Å². The molecule has 1 aromatic rings. The van der Waals surface area contributed by atoms with Gasteiger partial charge >= 0.3 is 0 Å². The Morgan fingerprint density at radius 3 is 2.50 bits per heavy atom. The van der Waals surface area contributed by atoms with Crippen molar-refractivity contribution >= 4 is 35.7 Å². The minimum absolute atomic E-state index is 0.122. The fraction of sp³-hybridized carbons (Fsp3) is 0.300. The molecular weight excluding hydrogens is 314 g/mol. The summed E-state index contributed by atoms with van der Waals surface area (Å²) in [6, 6.07) is 4.97. The first-order valence-electron chi connectivity index (χ1n) is 4.51. The van der Waals surface area contributed by atoms with Gasteiger partial charge in [-0.3, -0.25) is 0 Å². The highest BCUT2D eigenvalue weighted by molar-refractivity contribution is 9.08. The van der Waals surface area contributed by atoms with E-state index in [1.54, 1.807) is 6.07 Å². The van der Waals surface area contributed by atoms with Crippen molar-refractivity contribution in [2.24, 2.45) is 0 Å². The second-order valence-electron chi connectivity index (χ2n) is 3.11. The molecule has 0 unspecified atom stereocenters. The lowest BCUT2D eigenvalue weighted by Gasteiger charge is -2.09. The number of nitriles is 1. The Hall–Kier alpha value is -0.570. The lowest BCUT2D eigenvalue weighted by Crippen LogP contribution is -2.02. The largest absolute Gasteiger partial charge is 0.262 e. The van der Waals surface area contributed by atoms with E-state index in [1.165, 1.54) is 6.07 Å². The monoisotopic (exact) mass is 321 g/mol. The summed E-state index contributed by atoms with van der Waals surface area (Å²) in [7, 11) is 1.40. The predicted molar refractivity (Wildman–Crippen MR) is 66.2 cm³/mol. The molecule has 0 saturated carbocycles. The number of rotatable bonds is 3. The van der Waals surface area contributed by atoms with Gasteiger partial charge < -0.3 is 0 Å². The lowest BCUT2D eigenvalue weighted by atomic mass is 10.0. The van der Waals surface area contributed by atoms with E-state index in [1.807, 2.05) is 13.0 Å². The maximum atomic E-state index is 11.3. The van der Waals surface area contributed by atoms with E-state index in [2.05, 4.69) is 15.9 Å². The molecule has 1 aromatic carbocycles. The van der Waals surface area contributed by atoms with Crippen LogP contribution < -0.4 is 0 Å². The number of aryl methyl sites for hydroxylation is 1. The van der Waals surface area contributed by atoms with E-state index in [4.69, 9.17) is 15.9 Å². The summed E-state index contributed by atoms with van der Waals surface area (Å²) in [5.41, 5.74) is 1.76. The molecule has 0 amide bonds. The van der Waals surface area contributed by atoms with E-state index in [9.17, 15) is 8.42 Å². The summed E-state index contributed by atoms with van der Waals surface area (Å²) >= 11 is 3.25. The van der Waals surface area contributed by atoms with Crippen LogP contribution in [0.2, 0.25) is 0 Å². The summed E-state index contributed by atoms with van der Waals surface area (Å²) in [4.78, 5) is -0.122. The molecule has 0 spiro atoms. The Bertz CT molecular complexity index is 549. The van der Waals surface area contributed by atoms with Crippen LogP contribution >= 0.6 is 26.6 Å². The quantitative estimate of drug-likeness (QED) is 0.635. The van der Waals surface area contributed by atoms with Crippen LogP contribution in [0.1, 0.15) is 23.6 Å². The number of hydrogen-bond donors (Lipinski definition) is 0. The van der Waals surface area contributed by atoms with Gasteiger partial charge in [0.1, 0.15) is 11.0 Å². The number of alkyl halides is 1. The van der Waals surface area contributed by atoms with Gasteiger partial charge in [-0.15, -0.1) is 0 Å². The summed E-state index contributed by atoms with van der Waals surface area (Å²) in [5.74, 6) is 0. The van der Waals surface area contributed by atoms with Crippen molar-refractivity contribution in [3.63, 3.8) is 0 Å². The van der Waals surface area contributed by atoms with Gasteiger partial charge in [-0.25, -0.2) is 8.42 Å². The average Bonchev–Trinajstić information content (AvgIpc) is 2.25. The number of hydrogen-bond acceptors (Lipinski definition) is 3. The molecule has 0 N–H and O–H groups in total. The van der Waals surface area contributed by atoms with Crippen LogP contribution in [0.3, 0.4) is 0 Å². The van der Waals surface area contributed by atoms with Crippen LogP contribution in [-0.4, -0.2) is 8.42 Å².